The first-order valence-electron chi connectivity index (χ1n) is 7.15. The SMILES string of the molecule is COc1cccc([C@H](N)c2nc(-c3ccc([N+](=O)[O-])cc3)n[nH]2)c1. The van der Waals surface area contributed by atoms with Crippen LogP contribution >= 0.6 is 0 Å². The summed E-state index contributed by atoms with van der Waals surface area (Å²) in [6.07, 6.45) is 0. The van der Waals surface area contributed by atoms with E-state index in [9.17, 15) is 10.1 Å². The molecule has 0 amide bonds. The number of nitro groups is 1. The highest BCUT2D eigenvalue weighted by Crippen LogP contribution is 2.24. The molecule has 0 saturated carbocycles. The molecule has 1 heterocycles. The maximum Gasteiger partial charge on any atom is 0.269 e. The Morgan fingerprint density at radius 3 is 2.67 bits per heavy atom. The quantitative estimate of drug-likeness (QED) is 0.549. The third kappa shape index (κ3) is 3.08. The fourth-order valence-electron chi connectivity index (χ4n) is 2.27. The Bertz CT molecular complexity index is 860. The first-order chi connectivity index (χ1) is 11.6. The first kappa shape index (κ1) is 15.6. The highest BCUT2D eigenvalue weighted by Gasteiger charge is 2.16. The molecule has 0 aliphatic carbocycles. The first-order valence-corrected chi connectivity index (χ1v) is 7.15. The van der Waals surface area contributed by atoms with Crippen LogP contribution in [0, 0.1) is 10.1 Å². The van der Waals surface area contributed by atoms with E-state index in [0.29, 0.717) is 23.0 Å². The standard InChI is InChI=1S/C16H15N5O3/c1-24-13-4-2-3-11(9-13)14(17)16-18-15(19-20-16)10-5-7-12(8-6-10)21(22)23/h2-9,14H,17H2,1H3,(H,18,19,20)/t14-/m0/s1. The number of hydrogen-bond acceptors (Lipinski definition) is 6. The summed E-state index contributed by atoms with van der Waals surface area (Å²) in [7, 11) is 1.59. The molecular formula is C16H15N5O3. The van der Waals surface area contributed by atoms with Crippen molar-refractivity contribution in [3.8, 4) is 17.1 Å². The third-order valence-corrected chi connectivity index (χ3v) is 3.59. The number of nitrogens with two attached hydrogens (primary N) is 1. The minimum absolute atomic E-state index is 0.0163. The molecule has 0 spiro atoms. The van der Waals surface area contributed by atoms with Crippen molar-refractivity contribution < 1.29 is 9.66 Å². The van der Waals surface area contributed by atoms with Crippen molar-refractivity contribution in [3.05, 3.63) is 70.0 Å². The Kier molecular flexibility index (Phi) is 4.21. The van der Waals surface area contributed by atoms with Crippen LogP contribution in [0.3, 0.4) is 0 Å². The Morgan fingerprint density at radius 1 is 1.25 bits per heavy atom. The lowest BCUT2D eigenvalue weighted by Gasteiger charge is -2.09. The second-order valence-corrected chi connectivity index (χ2v) is 5.10. The fourth-order valence-corrected chi connectivity index (χ4v) is 2.27. The molecule has 122 valence electrons. The van der Waals surface area contributed by atoms with E-state index in [1.807, 2.05) is 24.3 Å². The molecule has 0 aliphatic heterocycles. The van der Waals surface area contributed by atoms with Gasteiger partial charge in [0.05, 0.1) is 18.1 Å². The number of rotatable bonds is 5. The molecule has 24 heavy (non-hydrogen) atoms. The summed E-state index contributed by atoms with van der Waals surface area (Å²) >= 11 is 0. The van der Waals surface area contributed by atoms with Crippen LogP contribution in [0.4, 0.5) is 5.69 Å². The molecule has 0 unspecified atom stereocenters. The lowest BCUT2D eigenvalue weighted by Crippen LogP contribution is -2.13. The Hall–Kier alpha value is -3.26. The van der Waals surface area contributed by atoms with Gasteiger partial charge in [0.25, 0.3) is 5.69 Å². The van der Waals surface area contributed by atoms with Gasteiger partial charge in [-0.15, -0.1) is 0 Å². The Labute approximate surface area is 137 Å². The number of nitrogens with zero attached hydrogens (tertiary/aromatic N) is 3. The number of non-ortho nitro benzene ring substituents is 1. The van der Waals surface area contributed by atoms with E-state index in [1.54, 1.807) is 19.2 Å². The zero-order chi connectivity index (χ0) is 17.1. The minimum Gasteiger partial charge on any atom is -0.497 e. The lowest BCUT2D eigenvalue weighted by molar-refractivity contribution is -0.384. The molecule has 8 heteroatoms. The van der Waals surface area contributed by atoms with Crippen molar-refractivity contribution >= 4 is 5.69 Å². The number of benzene rings is 2. The summed E-state index contributed by atoms with van der Waals surface area (Å²) in [5.74, 6) is 1.63. The summed E-state index contributed by atoms with van der Waals surface area (Å²) in [5.41, 5.74) is 7.73. The molecular weight excluding hydrogens is 310 g/mol. The predicted octanol–water partition coefficient (Wildman–Crippen LogP) is 2.44. The second-order valence-electron chi connectivity index (χ2n) is 5.10. The van der Waals surface area contributed by atoms with Crippen LogP contribution in [0.25, 0.3) is 11.4 Å². The number of hydrogen-bond donors (Lipinski definition) is 2. The number of ether oxygens (including phenoxy) is 1. The fraction of sp³-hybridized carbons (Fsp3) is 0.125. The molecule has 1 atom stereocenters. The molecule has 3 aromatic rings. The van der Waals surface area contributed by atoms with Crippen molar-refractivity contribution in [1.82, 2.24) is 15.2 Å². The molecule has 3 N–H and O–H groups in total. The van der Waals surface area contributed by atoms with Crippen LogP contribution in [-0.4, -0.2) is 27.2 Å². The number of nitrogens with one attached hydrogen (secondary N) is 1. The molecule has 3 rings (SSSR count). The molecule has 8 nitrogen and oxygen atoms in total. The summed E-state index contributed by atoms with van der Waals surface area (Å²) in [6.45, 7) is 0. The maximum atomic E-state index is 10.7. The molecule has 0 radical (unpaired) electrons. The van der Waals surface area contributed by atoms with E-state index in [0.717, 1.165) is 5.56 Å². The van der Waals surface area contributed by atoms with Gasteiger partial charge in [-0.05, 0) is 29.8 Å². The number of aromatic amines is 1. The Morgan fingerprint density at radius 2 is 2.00 bits per heavy atom. The van der Waals surface area contributed by atoms with E-state index in [-0.39, 0.29) is 5.69 Å². The van der Waals surface area contributed by atoms with Crippen LogP contribution in [0.2, 0.25) is 0 Å². The average molecular weight is 325 g/mol. The van der Waals surface area contributed by atoms with Crippen LogP contribution in [0.5, 0.6) is 5.75 Å². The van der Waals surface area contributed by atoms with E-state index < -0.39 is 11.0 Å². The lowest BCUT2D eigenvalue weighted by atomic mass is 10.1. The molecule has 1 aromatic heterocycles. The van der Waals surface area contributed by atoms with E-state index >= 15 is 0 Å². The van der Waals surface area contributed by atoms with Gasteiger partial charge in [0.2, 0.25) is 0 Å². The van der Waals surface area contributed by atoms with Crippen LogP contribution in [0.15, 0.2) is 48.5 Å². The van der Waals surface area contributed by atoms with Crippen molar-refractivity contribution in [2.75, 3.05) is 7.11 Å². The van der Waals surface area contributed by atoms with Gasteiger partial charge in [-0.25, -0.2) is 4.98 Å². The molecule has 0 bridgehead atoms. The Balaban J connectivity index is 1.85. The third-order valence-electron chi connectivity index (χ3n) is 3.59. The van der Waals surface area contributed by atoms with Gasteiger partial charge < -0.3 is 10.5 Å². The van der Waals surface area contributed by atoms with Crippen LogP contribution < -0.4 is 10.5 Å². The van der Waals surface area contributed by atoms with Gasteiger partial charge in [0.15, 0.2) is 5.82 Å². The molecule has 2 aromatic carbocycles. The monoisotopic (exact) mass is 325 g/mol. The van der Waals surface area contributed by atoms with Gasteiger partial charge in [0, 0.05) is 17.7 Å². The van der Waals surface area contributed by atoms with Gasteiger partial charge in [0.1, 0.15) is 11.6 Å². The summed E-state index contributed by atoms with van der Waals surface area (Å²) < 4.78 is 5.19. The van der Waals surface area contributed by atoms with Crippen molar-refractivity contribution in [2.45, 2.75) is 6.04 Å². The molecule has 0 aliphatic rings. The van der Waals surface area contributed by atoms with Crippen molar-refractivity contribution in [2.24, 2.45) is 5.73 Å². The second kappa shape index (κ2) is 6.47. The van der Waals surface area contributed by atoms with Gasteiger partial charge in [-0.1, -0.05) is 12.1 Å². The summed E-state index contributed by atoms with van der Waals surface area (Å²) in [5, 5.41) is 17.6. The number of nitro benzene ring substituents is 1. The number of H-pyrrole nitrogens is 1. The van der Waals surface area contributed by atoms with E-state index in [1.165, 1.54) is 12.1 Å². The minimum atomic E-state index is -0.487. The van der Waals surface area contributed by atoms with Crippen LogP contribution in [-0.2, 0) is 0 Å². The highest BCUT2D eigenvalue weighted by molar-refractivity contribution is 5.57. The predicted molar refractivity (Wildman–Crippen MR) is 87.5 cm³/mol. The normalized spacial score (nSPS) is 11.9. The van der Waals surface area contributed by atoms with Gasteiger partial charge in [-0.2, -0.15) is 5.10 Å². The molecule has 0 saturated heterocycles. The largest absolute Gasteiger partial charge is 0.497 e. The topological polar surface area (TPSA) is 120 Å². The molecule has 0 fully saturated rings. The smallest absolute Gasteiger partial charge is 0.269 e. The zero-order valence-electron chi connectivity index (χ0n) is 12.8. The van der Waals surface area contributed by atoms with Crippen molar-refractivity contribution in [3.63, 3.8) is 0 Å². The van der Waals surface area contributed by atoms with Gasteiger partial charge in [-0.3, -0.25) is 15.2 Å². The summed E-state index contributed by atoms with van der Waals surface area (Å²) in [4.78, 5) is 14.6. The van der Waals surface area contributed by atoms with Crippen molar-refractivity contribution in [1.29, 1.82) is 0 Å². The van der Waals surface area contributed by atoms with Crippen LogP contribution in [0.1, 0.15) is 17.4 Å². The number of aromatic nitrogens is 3. The summed E-state index contributed by atoms with van der Waals surface area (Å²) in [6, 6.07) is 12.9. The van der Waals surface area contributed by atoms with Gasteiger partial charge >= 0.3 is 0 Å². The highest BCUT2D eigenvalue weighted by atomic mass is 16.6. The van der Waals surface area contributed by atoms with E-state index in [2.05, 4.69) is 15.2 Å². The zero-order valence-corrected chi connectivity index (χ0v) is 12.8. The average Bonchev–Trinajstić information content (AvgIpc) is 3.11. The maximum absolute atomic E-state index is 10.7. The number of methoxy groups -OCH3 is 1. The van der Waals surface area contributed by atoms with E-state index in [4.69, 9.17) is 10.5 Å².